The van der Waals surface area contributed by atoms with Gasteiger partial charge in [0.05, 0.1) is 12.8 Å². The molecule has 0 atom stereocenters. The number of hydrogen-bond acceptors (Lipinski definition) is 5. The van der Waals surface area contributed by atoms with E-state index >= 15 is 0 Å². The zero-order chi connectivity index (χ0) is 8.23. The van der Waals surface area contributed by atoms with E-state index in [1.165, 1.54) is 0 Å². The number of ether oxygens (including phenoxy) is 1. The lowest BCUT2D eigenvalue weighted by atomic mass is 10.3. The molecule has 5 nitrogen and oxygen atoms in total. The second-order valence-corrected chi connectivity index (χ2v) is 2.41. The van der Waals surface area contributed by atoms with Gasteiger partial charge in [-0.1, -0.05) is 0 Å². The molecule has 0 aliphatic carbocycles. The van der Waals surface area contributed by atoms with Gasteiger partial charge in [0.1, 0.15) is 0 Å². The van der Waals surface area contributed by atoms with E-state index in [4.69, 9.17) is 4.74 Å². The van der Waals surface area contributed by atoms with Crippen molar-refractivity contribution < 1.29 is 4.74 Å². The van der Waals surface area contributed by atoms with Crippen molar-refractivity contribution in [2.24, 2.45) is 0 Å². The second kappa shape index (κ2) is 3.55. The quantitative estimate of drug-likeness (QED) is 0.600. The highest BCUT2D eigenvalue weighted by Gasteiger charge is 2.19. The standard InChI is InChI=1S/C7H9N4O/c1-2-10-11-7(9-1)6-5-8-3-4-12-6/h1-2,8H,3-5H2. The van der Waals surface area contributed by atoms with Crippen LogP contribution in [0.15, 0.2) is 12.4 Å². The van der Waals surface area contributed by atoms with Crippen LogP contribution in [0.1, 0.15) is 5.82 Å². The summed E-state index contributed by atoms with van der Waals surface area (Å²) in [7, 11) is 0. The number of hydrogen-bond donors (Lipinski definition) is 1. The summed E-state index contributed by atoms with van der Waals surface area (Å²) in [5.74, 6) is 0.574. The molecule has 2 heterocycles. The molecule has 1 fully saturated rings. The van der Waals surface area contributed by atoms with Crippen molar-refractivity contribution in [2.45, 2.75) is 0 Å². The van der Waals surface area contributed by atoms with Crippen molar-refractivity contribution in [3.05, 3.63) is 24.3 Å². The Morgan fingerprint density at radius 1 is 1.42 bits per heavy atom. The van der Waals surface area contributed by atoms with E-state index in [2.05, 4.69) is 20.5 Å². The van der Waals surface area contributed by atoms with Crippen LogP contribution >= 0.6 is 0 Å². The number of nitrogens with one attached hydrogen (secondary N) is 1. The lowest BCUT2D eigenvalue weighted by Crippen LogP contribution is -2.34. The first-order valence-corrected chi connectivity index (χ1v) is 3.80. The first-order chi connectivity index (χ1) is 5.97. The summed E-state index contributed by atoms with van der Waals surface area (Å²) in [4.78, 5) is 4.03. The van der Waals surface area contributed by atoms with Crippen LogP contribution < -0.4 is 5.32 Å². The van der Waals surface area contributed by atoms with Crippen LogP contribution in [0.5, 0.6) is 0 Å². The highest BCUT2D eigenvalue weighted by Crippen LogP contribution is 2.10. The third-order valence-electron chi connectivity index (χ3n) is 1.57. The lowest BCUT2D eigenvalue weighted by molar-refractivity contribution is 0.124. The van der Waals surface area contributed by atoms with Gasteiger partial charge in [-0.3, -0.25) is 0 Å². The minimum atomic E-state index is 0.574. The van der Waals surface area contributed by atoms with Crippen LogP contribution in [0.4, 0.5) is 0 Å². The Kier molecular flexibility index (Phi) is 2.24. The molecule has 0 unspecified atom stereocenters. The number of aromatic nitrogens is 3. The topological polar surface area (TPSA) is 59.9 Å². The molecule has 0 bridgehead atoms. The van der Waals surface area contributed by atoms with Crippen LogP contribution in [0.3, 0.4) is 0 Å². The van der Waals surface area contributed by atoms with E-state index in [-0.39, 0.29) is 0 Å². The van der Waals surface area contributed by atoms with Crippen molar-refractivity contribution in [1.82, 2.24) is 20.5 Å². The molecule has 12 heavy (non-hydrogen) atoms. The second-order valence-electron chi connectivity index (χ2n) is 2.41. The van der Waals surface area contributed by atoms with Gasteiger partial charge in [-0.25, -0.2) is 4.98 Å². The van der Waals surface area contributed by atoms with Gasteiger partial charge >= 0.3 is 0 Å². The molecule has 1 aromatic rings. The molecule has 0 spiro atoms. The summed E-state index contributed by atoms with van der Waals surface area (Å²) < 4.78 is 5.35. The molecule has 1 N–H and O–H groups in total. The maximum Gasteiger partial charge on any atom is 0.188 e. The van der Waals surface area contributed by atoms with E-state index in [0.717, 1.165) is 12.6 Å². The molecule has 2 rings (SSSR count). The molecule has 1 radical (unpaired) electrons. The Balaban J connectivity index is 2.08. The van der Waals surface area contributed by atoms with Crippen molar-refractivity contribution in [2.75, 3.05) is 19.7 Å². The van der Waals surface area contributed by atoms with E-state index in [1.807, 2.05) is 0 Å². The lowest BCUT2D eigenvalue weighted by Gasteiger charge is -2.20. The van der Waals surface area contributed by atoms with Crippen LogP contribution in [0, 0.1) is 6.10 Å². The van der Waals surface area contributed by atoms with Crippen LogP contribution in [-0.4, -0.2) is 34.9 Å². The summed E-state index contributed by atoms with van der Waals surface area (Å²) in [6, 6.07) is 0. The molecular formula is C7H9N4O. The Labute approximate surface area is 70.2 Å². The molecule has 1 aromatic heterocycles. The molecule has 0 aromatic carbocycles. The minimum absolute atomic E-state index is 0.574. The van der Waals surface area contributed by atoms with Crippen molar-refractivity contribution in [3.8, 4) is 0 Å². The molecule has 63 valence electrons. The predicted molar refractivity (Wildman–Crippen MR) is 41.0 cm³/mol. The van der Waals surface area contributed by atoms with Gasteiger partial charge in [-0.2, -0.15) is 5.10 Å². The maximum atomic E-state index is 5.35. The normalized spacial score (nSPS) is 19.3. The van der Waals surface area contributed by atoms with Crippen molar-refractivity contribution >= 4 is 0 Å². The molecule has 0 saturated carbocycles. The Morgan fingerprint density at radius 2 is 2.42 bits per heavy atom. The van der Waals surface area contributed by atoms with Crippen molar-refractivity contribution in [1.29, 1.82) is 0 Å². The number of rotatable bonds is 1. The molecule has 5 heteroatoms. The zero-order valence-corrected chi connectivity index (χ0v) is 6.53. The van der Waals surface area contributed by atoms with Gasteiger partial charge in [0, 0.05) is 19.3 Å². The van der Waals surface area contributed by atoms with Gasteiger partial charge in [0.25, 0.3) is 0 Å². The van der Waals surface area contributed by atoms with Crippen LogP contribution in [0.2, 0.25) is 0 Å². The van der Waals surface area contributed by atoms with Gasteiger partial charge in [0.2, 0.25) is 0 Å². The Morgan fingerprint density at radius 3 is 3.08 bits per heavy atom. The Bertz CT molecular complexity index is 234. The van der Waals surface area contributed by atoms with Crippen LogP contribution in [0.25, 0.3) is 0 Å². The summed E-state index contributed by atoms with van der Waals surface area (Å²) in [6.45, 7) is 2.24. The average Bonchev–Trinajstić information content (AvgIpc) is 2.21. The highest BCUT2D eigenvalue weighted by molar-refractivity contribution is 5.08. The summed E-state index contributed by atoms with van der Waals surface area (Å²) in [5.41, 5.74) is 0. The first-order valence-electron chi connectivity index (χ1n) is 3.80. The highest BCUT2D eigenvalue weighted by atomic mass is 16.5. The van der Waals surface area contributed by atoms with E-state index < -0.39 is 0 Å². The van der Waals surface area contributed by atoms with Gasteiger partial charge in [0.15, 0.2) is 11.9 Å². The smallest absolute Gasteiger partial charge is 0.188 e. The monoisotopic (exact) mass is 165 g/mol. The zero-order valence-electron chi connectivity index (χ0n) is 6.53. The average molecular weight is 165 g/mol. The fraction of sp³-hybridized carbons (Fsp3) is 0.429. The summed E-state index contributed by atoms with van der Waals surface area (Å²) >= 11 is 0. The van der Waals surface area contributed by atoms with Gasteiger partial charge in [-0.05, 0) is 0 Å². The van der Waals surface area contributed by atoms with Crippen LogP contribution in [-0.2, 0) is 4.74 Å². The van der Waals surface area contributed by atoms with E-state index in [1.54, 1.807) is 12.4 Å². The molecular weight excluding hydrogens is 156 g/mol. The fourth-order valence-electron chi connectivity index (χ4n) is 1.02. The summed E-state index contributed by atoms with van der Waals surface area (Å²) in [5, 5.41) is 10.7. The molecule has 1 aliphatic heterocycles. The third kappa shape index (κ3) is 1.57. The Hall–Kier alpha value is -1.07. The maximum absolute atomic E-state index is 5.35. The predicted octanol–water partition coefficient (Wildman–Crippen LogP) is -0.629. The fourth-order valence-corrected chi connectivity index (χ4v) is 1.02. The van der Waals surface area contributed by atoms with E-state index in [9.17, 15) is 0 Å². The minimum Gasteiger partial charge on any atom is -0.361 e. The van der Waals surface area contributed by atoms with Gasteiger partial charge < -0.3 is 10.1 Å². The SMILES string of the molecule is c1cnc([C]2CNCCO2)nn1. The first kappa shape index (κ1) is 7.57. The molecule has 0 amide bonds. The summed E-state index contributed by atoms with van der Waals surface area (Å²) in [6.07, 6.45) is 3.92. The van der Waals surface area contributed by atoms with Crippen molar-refractivity contribution in [3.63, 3.8) is 0 Å². The van der Waals surface area contributed by atoms with E-state index in [0.29, 0.717) is 19.0 Å². The number of nitrogens with zero attached hydrogens (tertiary/aromatic N) is 3. The number of morpholine rings is 1. The molecule has 1 aliphatic rings. The van der Waals surface area contributed by atoms with Gasteiger partial charge in [-0.15, -0.1) is 5.10 Å². The molecule has 1 saturated heterocycles. The third-order valence-corrected chi connectivity index (χ3v) is 1.57. The largest absolute Gasteiger partial charge is 0.361 e.